The maximum atomic E-state index is 12.9. The smallest absolute Gasteiger partial charge is 0.237 e. The van der Waals surface area contributed by atoms with Crippen molar-refractivity contribution < 1.29 is 14.3 Å². The van der Waals surface area contributed by atoms with E-state index in [0.717, 1.165) is 28.0 Å². The molecule has 30 heavy (non-hydrogen) atoms. The van der Waals surface area contributed by atoms with Gasteiger partial charge in [-0.2, -0.15) is 0 Å². The van der Waals surface area contributed by atoms with Crippen LogP contribution in [0.4, 0.5) is 0 Å². The minimum atomic E-state index is -0.477. The van der Waals surface area contributed by atoms with Crippen LogP contribution in [0.1, 0.15) is 28.7 Å². The van der Waals surface area contributed by atoms with Crippen molar-refractivity contribution in [3.8, 4) is 5.75 Å². The highest BCUT2D eigenvalue weighted by Gasteiger charge is 2.32. The zero-order chi connectivity index (χ0) is 21.7. The highest BCUT2D eigenvalue weighted by atomic mass is 16.5. The van der Waals surface area contributed by atoms with Crippen LogP contribution in [0, 0.1) is 13.8 Å². The average molecular weight is 411 g/mol. The Hall–Kier alpha value is -2.93. The molecule has 1 aliphatic heterocycles. The summed E-state index contributed by atoms with van der Waals surface area (Å²) >= 11 is 0. The molecule has 1 aliphatic rings. The van der Waals surface area contributed by atoms with Crippen molar-refractivity contribution in [3.63, 3.8) is 0 Å². The number of rotatable bonds is 7. The Morgan fingerprint density at radius 2 is 2.10 bits per heavy atom. The molecule has 0 spiro atoms. The van der Waals surface area contributed by atoms with E-state index in [0.29, 0.717) is 26.2 Å². The van der Waals surface area contributed by atoms with Gasteiger partial charge < -0.3 is 15.0 Å². The monoisotopic (exact) mass is 410 g/mol. The number of methoxy groups -OCH3 is 1. The Kier molecular flexibility index (Phi) is 7.05. The van der Waals surface area contributed by atoms with E-state index in [4.69, 9.17) is 4.74 Å². The van der Waals surface area contributed by atoms with Crippen LogP contribution in [0.25, 0.3) is 0 Å². The molecule has 3 rings (SSSR count). The molecule has 0 unspecified atom stereocenters. The van der Waals surface area contributed by atoms with Gasteiger partial charge in [0.05, 0.1) is 19.6 Å². The van der Waals surface area contributed by atoms with Gasteiger partial charge in [0.2, 0.25) is 11.8 Å². The van der Waals surface area contributed by atoms with E-state index in [1.54, 1.807) is 31.5 Å². The van der Waals surface area contributed by atoms with Gasteiger partial charge in [0.15, 0.2) is 0 Å². The molecule has 0 radical (unpaired) electrons. The van der Waals surface area contributed by atoms with E-state index >= 15 is 0 Å². The van der Waals surface area contributed by atoms with Gasteiger partial charge in [-0.15, -0.1) is 0 Å². The van der Waals surface area contributed by atoms with Crippen LogP contribution in [0.2, 0.25) is 0 Å². The molecular weight excluding hydrogens is 380 g/mol. The Morgan fingerprint density at radius 1 is 1.30 bits per heavy atom. The fraction of sp³-hybridized carbons (Fsp3) is 0.435. The first kappa shape index (κ1) is 21.8. The lowest BCUT2D eigenvalue weighted by Crippen LogP contribution is -2.56. The summed E-state index contributed by atoms with van der Waals surface area (Å²) in [6, 6.07) is 7.47. The van der Waals surface area contributed by atoms with Crippen molar-refractivity contribution in [3.05, 3.63) is 58.9 Å². The van der Waals surface area contributed by atoms with E-state index in [1.807, 2.05) is 32.0 Å². The molecular formula is C23H30N4O3. The summed E-state index contributed by atoms with van der Waals surface area (Å²) in [5.41, 5.74) is 4.25. The number of nitrogens with one attached hydrogen (secondary N) is 1. The number of pyridine rings is 1. The highest BCUT2D eigenvalue weighted by Crippen LogP contribution is 2.21. The van der Waals surface area contributed by atoms with E-state index < -0.39 is 6.04 Å². The number of aromatic nitrogens is 1. The van der Waals surface area contributed by atoms with E-state index in [9.17, 15) is 9.59 Å². The molecule has 1 saturated heterocycles. The van der Waals surface area contributed by atoms with Crippen molar-refractivity contribution in [2.45, 2.75) is 39.4 Å². The van der Waals surface area contributed by atoms with E-state index in [2.05, 4.69) is 21.3 Å². The largest absolute Gasteiger partial charge is 0.496 e. The van der Waals surface area contributed by atoms with Crippen molar-refractivity contribution >= 4 is 11.8 Å². The fourth-order valence-electron chi connectivity index (χ4n) is 3.79. The molecule has 2 amide bonds. The highest BCUT2D eigenvalue weighted by molar-refractivity contribution is 5.88. The molecule has 0 saturated carbocycles. The molecule has 1 aromatic heterocycles. The zero-order valence-electron chi connectivity index (χ0n) is 18.1. The van der Waals surface area contributed by atoms with Crippen LogP contribution in [0.15, 0.2) is 36.7 Å². The standard InChI is InChI=1S/C23H30N4O3/c1-16-11-18(5-6-21(16)30-4)14-27-10-9-25-23(29)20(27)12-22(28)26(3)15-19-7-8-24-13-17(19)2/h5-8,11,13,20H,9-10,12,14-15H2,1-4H3,(H,25,29)/t20-/m1/s1. The lowest BCUT2D eigenvalue weighted by molar-refractivity contribution is -0.138. The van der Waals surface area contributed by atoms with Gasteiger partial charge in [0, 0.05) is 45.6 Å². The second kappa shape index (κ2) is 9.71. The zero-order valence-corrected chi connectivity index (χ0v) is 18.1. The quantitative estimate of drug-likeness (QED) is 0.756. The second-order valence-electron chi connectivity index (χ2n) is 7.84. The number of nitrogens with zero attached hydrogens (tertiary/aromatic N) is 3. The van der Waals surface area contributed by atoms with Gasteiger partial charge in [-0.05, 0) is 48.2 Å². The summed E-state index contributed by atoms with van der Waals surface area (Å²) in [5.74, 6) is 0.701. The predicted molar refractivity (Wildman–Crippen MR) is 115 cm³/mol. The molecule has 1 fully saturated rings. The minimum absolute atomic E-state index is 0.0517. The van der Waals surface area contributed by atoms with Crippen LogP contribution in [-0.4, -0.2) is 59.9 Å². The van der Waals surface area contributed by atoms with Crippen LogP contribution in [-0.2, 0) is 22.7 Å². The first-order chi connectivity index (χ1) is 14.4. The van der Waals surface area contributed by atoms with Crippen LogP contribution in [0.3, 0.4) is 0 Å². The lowest BCUT2D eigenvalue weighted by atomic mass is 10.0. The van der Waals surface area contributed by atoms with Crippen LogP contribution < -0.4 is 10.1 Å². The summed E-state index contributed by atoms with van der Waals surface area (Å²) in [6.07, 6.45) is 3.68. The van der Waals surface area contributed by atoms with Gasteiger partial charge in [-0.25, -0.2) is 0 Å². The number of ether oxygens (including phenoxy) is 1. The number of amides is 2. The maximum absolute atomic E-state index is 12.9. The number of carbonyl (C=O) groups excluding carboxylic acids is 2. The van der Waals surface area contributed by atoms with Crippen LogP contribution in [0.5, 0.6) is 5.75 Å². The molecule has 0 bridgehead atoms. The Morgan fingerprint density at radius 3 is 2.80 bits per heavy atom. The number of hydrogen-bond donors (Lipinski definition) is 1. The lowest BCUT2D eigenvalue weighted by Gasteiger charge is -2.35. The Balaban J connectivity index is 1.68. The summed E-state index contributed by atoms with van der Waals surface area (Å²) in [4.78, 5) is 33.3. The summed E-state index contributed by atoms with van der Waals surface area (Å²) in [5, 5.41) is 2.90. The molecule has 160 valence electrons. The molecule has 7 nitrogen and oxygen atoms in total. The molecule has 1 N–H and O–H groups in total. The number of carbonyl (C=O) groups is 2. The molecule has 7 heteroatoms. The van der Waals surface area contributed by atoms with Gasteiger partial charge >= 0.3 is 0 Å². The molecule has 1 atom stereocenters. The topological polar surface area (TPSA) is 74.8 Å². The maximum Gasteiger partial charge on any atom is 0.237 e. The summed E-state index contributed by atoms with van der Waals surface area (Å²) < 4.78 is 5.33. The Bertz CT molecular complexity index is 915. The van der Waals surface area contributed by atoms with E-state index in [-0.39, 0.29) is 18.2 Å². The predicted octanol–water partition coefficient (Wildman–Crippen LogP) is 2.06. The molecule has 1 aromatic carbocycles. The first-order valence-electron chi connectivity index (χ1n) is 10.2. The van der Waals surface area contributed by atoms with Gasteiger partial charge in [-0.3, -0.25) is 19.5 Å². The second-order valence-corrected chi connectivity index (χ2v) is 7.84. The Labute approximate surface area is 178 Å². The number of aryl methyl sites for hydroxylation is 2. The molecule has 2 heterocycles. The van der Waals surface area contributed by atoms with Gasteiger partial charge in [0.1, 0.15) is 5.75 Å². The van der Waals surface area contributed by atoms with Crippen molar-refractivity contribution in [1.82, 2.24) is 20.1 Å². The molecule has 0 aliphatic carbocycles. The van der Waals surface area contributed by atoms with Crippen molar-refractivity contribution in [1.29, 1.82) is 0 Å². The number of benzene rings is 1. The summed E-state index contributed by atoms with van der Waals surface area (Å²) in [6.45, 7) is 6.39. The van der Waals surface area contributed by atoms with Gasteiger partial charge in [0.25, 0.3) is 0 Å². The normalized spacial score (nSPS) is 16.8. The number of hydrogen-bond acceptors (Lipinski definition) is 5. The number of piperazine rings is 1. The van der Waals surface area contributed by atoms with Crippen molar-refractivity contribution in [2.24, 2.45) is 0 Å². The van der Waals surface area contributed by atoms with Gasteiger partial charge in [-0.1, -0.05) is 12.1 Å². The first-order valence-corrected chi connectivity index (χ1v) is 10.2. The van der Waals surface area contributed by atoms with E-state index in [1.165, 1.54) is 0 Å². The average Bonchev–Trinajstić information content (AvgIpc) is 2.72. The summed E-state index contributed by atoms with van der Waals surface area (Å²) in [7, 11) is 3.43. The third-order valence-electron chi connectivity index (χ3n) is 5.62. The van der Waals surface area contributed by atoms with Crippen molar-refractivity contribution in [2.75, 3.05) is 27.2 Å². The van der Waals surface area contributed by atoms with Crippen LogP contribution >= 0.6 is 0 Å². The third kappa shape index (κ3) is 5.16. The fourth-order valence-corrected chi connectivity index (χ4v) is 3.79. The third-order valence-corrected chi connectivity index (χ3v) is 5.62. The molecule has 2 aromatic rings. The SMILES string of the molecule is COc1ccc(CN2CCNC(=O)[C@H]2CC(=O)N(C)Cc2ccncc2C)cc1C. The minimum Gasteiger partial charge on any atom is -0.496 e.